The van der Waals surface area contributed by atoms with Crippen LogP contribution in [0.1, 0.15) is 23.0 Å². The molecular weight excluding hydrogens is 349 g/mol. The first kappa shape index (κ1) is 20.8. The Morgan fingerprint density at radius 2 is 2.04 bits per heavy atom. The maximum absolute atomic E-state index is 12.9. The van der Waals surface area contributed by atoms with Gasteiger partial charge in [-0.05, 0) is 27.1 Å². The molecule has 5 nitrogen and oxygen atoms in total. The number of halogens is 2. The Morgan fingerprint density at radius 3 is 2.71 bits per heavy atom. The minimum Gasteiger partial charge on any atom is -0.451 e. The first-order valence-corrected chi connectivity index (χ1v) is 7.74. The van der Waals surface area contributed by atoms with E-state index in [0.29, 0.717) is 18.3 Å². The largest absolute Gasteiger partial charge is 0.451 e. The van der Waals surface area contributed by atoms with E-state index in [0.717, 1.165) is 36.2 Å². The van der Waals surface area contributed by atoms with Crippen LogP contribution in [0, 0.1) is 0 Å². The highest BCUT2D eigenvalue weighted by Gasteiger charge is 2.27. The highest BCUT2D eigenvalue weighted by Crippen LogP contribution is 2.28. The Morgan fingerprint density at radius 1 is 1.33 bits per heavy atom. The lowest BCUT2D eigenvalue weighted by Crippen LogP contribution is -2.51. The second kappa shape index (κ2) is 8.72. The van der Waals surface area contributed by atoms with Gasteiger partial charge in [0, 0.05) is 43.2 Å². The molecule has 3 rings (SSSR count). The summed E-state index contributed by atoms with van der Waals surface area (Å²) in [5.74, 6) is 0.491. The van der Waals surface area contributed by atoms with Crippen LogP contribution in [0.25, 0.3) is 11.0 Å². The molecule has 24 heavy (non-hydrogen) atoms. The highest BCUT2D eigenvalue weighted by atomic mass is 35.5. The molecule has 134 valence electrons. The van der Waals surface area contributed by atoms with Crippen molar-refractivity contribution in [1.29, 1.82) is 0 Å². The van der Waals surface area contributed by atoms with E-state index >= 15 is 0 Å². The SMILES string of the molecule is CC1CN(C(=O)c2oc3ccccc3c2CN(C)C)CCN1.Cl.Cl. The van der Waals surface area contributed by atoms with Crippen molar-refractivity contribution in [3.63, 3.8) is 0 Å². The molecule has 1 aromatic heterocycles. The molecule has 0 spiro atoms. The van der Waals surface area contributed by atoms with Crippen LogP contribution in [-0.4, -0.2) is 55.5 Å². The summed E-state index contributed by atoms with van der Waals surface area (Å²) >= 11 is 0. The normalized spacial score (nSPS) is 17.5. The van der Waals surface area contributed by atoms with Crippen molar-refractivity contribution in [1.82, 2.24) is 15.1 Å². The van der Waals surface area contributed by atoms with E-state index in [1.54, 1.807) is 0 Å². The van der Waals surface area contributed by atoms with Crippen molar-refractivity contribution in [3.8, 4) is 0 Å². The van der Waals surface area contributed by atoms with Gasteiger partial charge in [0.1, 0.15) is 5.58 Å². The third kappa shape index (κ3) is 4.22. The maximum Gasteiger partial charge on any atom is 0.290 e. The van der Waals surface area contributed by atoms with E-state index in [4.69, 9.17) is 4.42 Å². The van der Waals surface area contributed by atoms with Gasteiger partial charge in [-0.2, -0.15) is 0 Å². The fourth-order valence-electron chi connectivity index (χ4n) is 3.01. The van der Waals surface area contributed by atoms with Gasteiger partial charge < -0.3 is 19.5 Å². The Hall–Kier alpha value is -1.27. The van der Waals surface area contributed by atoms with E-state index < -0.39 is 0 Å². The Bertz CT molecular complexity index is 688. The molecule has 1 amide bonds. The van der Waals surface area contributed by atoms with Gasteiger partial charge in [0.25, 0.3) is 5.91 Å². The number of amides is 1. The third-order valence-electron chi connectivity index (χ3n) is 4.02. The fraction of sp³-hybridized carbons (Fsp3) is 0.471. The van der Waals surface area contributed by atoms with E-state index in [-0.39, 0.29) is 30.7 Å². The van der Waals surface area contributed by atoms with Crippen LogP contribution in [-0.2, 0) is 6.54 Å². The monoisotopic (exact) mass is 373 g/mol. The van der Waals surface area contributed by atoms with Crippen LogP contribution < -0.4 is 5.32 Å². The first-order chi connectivity index (χ1) is 10.6. The van der Waals surface area contributed by atoms with Crippen molar-refractivity contribution < 1.29 is 9.21 Å². The van der Waals surface area contributed by atoms with Crippen molar-refractivity contribution in [2.24, 2.45) is 0 Å². The maximum atomic E-state index is 12.9. The van der Waals surface area contributed by atoms with Crippen LogP contribution in [0.15, 0.2) is 28.7 Å². The van der Waals surface area contributed by atoms with Gasteiger partial charge in [0.15, 0.2) is 5.76 Å². The van der Waals surface area contributed by atoms with E-state index in [1.165, 1.54) is 0 Å². The van der Waals surface area contributed by atoms with Gasteiger partial charge in [0.2, 0.25) is 0 Å². The molecule has 0 bridgehead atoms. The zero-order valence-electron chi connectivity index (χ0n) is 14.2. The quantitative estimate of drug-likeness (QED) is 0.898. The van der Waals surface area contributed by atoms with Gasteiger partial charge in [-0.3, -0.25) is 4.79 Å². The molecule has 1 N–H and O–H groups in total. The summed E-state index contributed by atoms with van der Waals surface area (Å²) < 4.78 is 5.91. The molecule has 1 atom stereocenters. The molecule has 1 aliphatic heterocycles. The van der Waals surface area contributed by atoms with Crippen LogP contribution in [0.4, 0.5) is 0 Å². The van der Waals surface area contributed by atoms with Crippen LogP contribution >= 0.6 is 24.8 Å². The number of nitrogens with one attached hydrogen (secondary N) is 1. The number of fused-ring (bicyclic) bond motifs is 1. The number of nitrogens with zero attached hydrogens (tertiary/aromatic N) is 2. The number of hydrogen-bond acceptors (Lipinski definition) is 4. The van der Waals surface area contributed by atoms with Gasteiger partial charge in [-0.25, -0.2) is 0 Å². The van der Waals surface area contributed by atoms with E-state index in [9.17, 15) is 4.79 Å². The molecule has 1 aliphatic rings. The van der Waals surface area contributed by atoms with Crippen molar-refractivity contribution in [3.05, 3.63) is 35.6 Å². The number of para-hydroxylation sites is 1. The lowest BCUT2D eigenvalue weighted by molar-refractivity contribution is 0.0677. The molecule has 2 heterocycles. The molecule has 2 aromatic rings. The van der Waals surface area contributed by atoms with E-state index in [1.807, 2.05) is 43.3 Å². The lowest BCUT2D eigenvalue weighted by atomic mass is 10.1. The second-order valence-electron chi connectivity index (χ2n) is 6.25. The predicted molar refractivity (Wildman–Crippen MR) is 101 cm³/mol. The average molecular weight is 374 g/mol. The minimum atomic E-state index is 0. The number of carbonyl (C=O) groups is 1. The zero-order chi connectivity index (χ0) is 15.7. The topological polar surface area (TPSA) is 48.7 Å². The summed E-state index contributed by atoms with van der Waals surface area (Å²) in [5.41, 5.74) is 1.77. The van der Waals surface area contributed by atoms with Gasteiger partial charge >= 0.3 is 0 Å². The van der Waals surface area contributed by atoms with Crippen LogP contribution in [0.3, 0.4) is 0 Å². The molecule has 0 saturated carbocycles. The Kier molecular flexibility index (Phi) is 7.55. The van der Waals surface area contributed by atoms with Gasteiger partial charge in [-0.1, -0.05) is 18.2 Å². The molecule has 1 fully saturated rings. The molecule has 0 aliphatic carbocycles. The number of rotatable bonds is 3. The first-order valence-electron chi connectivity index (χ1n) is 7.74. The van der Waals surface area contributed by atoms with Crippen molar-refractivity contribution in [2.45, 2.75) is 19.5 Å². The lowest BCUT2D eigenvalue weighted by Gasteiger charge is -2.31. The number of piperazine rings is 1. The summed E-state index contributed by atoms with van der Waals surface area (Å²) in [6.07, 6.45) is 0. The number of carbonyl (C=O) groups excluding carboxylic acids is 1. The third-order valence-corrected chi connectivity index (χ3v) is 4.02. The zero-order valence-corrected chi connectivity index (χ0v) is 15.9. The van der Waals surface area contributed by atoms with Crippen LogP contribution in [0.5, 0.6) is 0 Å². The smallest absolute Gasteiger partial charge is 0.290 e. The molecule has 1 saturated heterocycles. The summed E-state index contributed by atoms with van der Waals surface area (Å²) in [6, 6.07) is 8.19. The average Bonchev–Trinajstić information content (AvgIpc) is 2.85. The summed E-state index contributed by atoms with van der Waals surface area (Å²) in [7, 11) is 4.01. The van der Waals surface area contributed by atoms with Crippen molar-refractivity contribution in [2.75, 3.05) is 33.7 Å². The summed E-state index contributed by atoms with van der Waals surface area (Å²) in [5, 5.41) is 4.39. The number of benzene rings is 1. The Balaban J connectivity index is 0.00000144. The Labute approximate surface area is 155 Å². The number of furan rings is 1. The molecule has 0 radical (unpaired) electrons. The molecular formula is C17H25Cl2N3O2. The van der Waals surface area contributed by atoms with Crippen LogP contribution in [0.2, 0.25) is 0 Å². The predicted octanol–water partition coefficient (Wildman–Crippen LogP) is 2.77. The van der Waals surface area contributed by atoms with Crippen molar-refractivity contribution >= 4 is 41.7 Å². The summed E-state index contributed by atoms with van der Waals surface area (Å²) in [4.78, 5) is 16.9. The molecule has 1 unspecified atom stereocenters. The van der Waals surface area contributed by atoms with Gasteiger partial charge in [0.05, 0.1) is 0 Å². The second-order valence-corrected chi connectivity index (χ2v) is 6.25. The fourth-order valence-corrected chi connectivity index (χ4v) is 3.01. The summed E-state index contributed by atoms with van der Waals surface area (Å²) in [6.45, 7) is 5.06. The van der Waals surface area contributed by atoms with E-state index in [2.05, 4.69) is 17.1 Å². The highest BCUT2D eigenvalue weighted by molar-refractivity contribution is 5.99. The minimum absolute atomic E-state index is 0. The standard InChI is InChI=1S/C17H23N3O2.2ClH/c1-12-10-20(9-8-18-12)17(21)16-14(11-19(2)3)13-6-4-5-7-15(13)22-16;;/h4-7,12,18H,8-11H2,1-3H3;2*1H. The molecule has 1 aromatic carbocycles. The van der Waals surface area contributed by atoms with Gasteiger partial charge in [-0.15, -0.1) is 24.8 Å². The molecule has 7 heteroatoms. The number of hydrogen-bond donors (Lipinski definition) is 1.